The summed E-state index contributed by atoms with van der Waals surface area (Å²) in [5.41, 5.74) is 2.47. The van der Waals surface area contributed by atoms with E-state index in [1.54, 1.807) is 18.9 Å². The molecule has 1 heterocycles. The molecule has 1 fully saturated rings. The fourth-order valence-electron chi connectivity index (χ4n) is 4.14. The average Bonchev–Trinajstić information content (AvgIpc) is 2.89. The smallest absolute Gasteiger partial charge is 0.245 e. The number of carbonyl (C=O) groups is 3. The van der Waals surface area contributed by atoms with Gasteiger partial charge in [0.25, 0.3) is 0 Å². The highest BCUT2D eigenvalue weighted by Crippen LogP contribution is 2.29. The molecule has 1 aliphatic carbocycles. The summed E-state index contributed by atoms with van der Waals surface area (Å²) in [5.74, 6) is -0.509. The van der Waals surface area contributed by atoms with Crippen LogP contribution in [-0.4, -0.2) is 54.8 Å². The number of likely N-dealkylation sites (N-methyl/N-ethyl adjacent to an activating group) is 1. The number of likely N-dealkylation sites (tertiary alicyclic amines) is 1. The molecule has 158 valence electrons. The van der Waals surface area contributed by atoms with Crippen LogP contribution in [0, 0.1) is 0 Å². The molecule has 3 atom stereocenters. The van der Waals surface area contributed by atoms with Gasteiger partial charge < -0.3 is 20.9 Å². The van der Waals surface area contributed by atoms with E-state index >= 15 is 0 Å². The molecule has 29 heavy (non-hydrogen) atoms. The Hall–Kier alpha value is -2.41. The van der Waals surface area contributed by atoms with Gasteiger partial charge in [-0.2, -0.15) is 0 Å². The van der Waals surface area contributed by atoms with Crippen LogP contribution in [0.25, 0.3) is 0 Å². The molecule has 3 amide bonds. The zero-order valence-electron chi connectivity index (χ0n) is 17.4. The van der Waals surface area contributed by atoms with Crippen LogP contribution in [-0.2, 0) is 20.8 Å². The lowest BCUT2D eigenvalue weighted by molar-refractivity contribution is -0.139. The first-order valence-corrected chi connectivity index (χ1v) is 10.6. The first-order valence-electron chi connectivity index (χ1n) is 10.6. The molecule has 0 bridgehead atoms. The number of fused-ring (bicyclic) bond motifs is 1. The second-order valence-corrected chi connectivity index (χ2v) is 8.04. The minimum absolute atomic E-state index is 0.00140. The van der Waals surface area contributed by atoms with Crippen LogP contribution >= 0.6 is 0 Å². The van der Waals surface area contributed by atoms with Crippen molar-refractivity contribution < 1.29 is 14.4 Å². The summed E-state index contributed by atoms with van der Waals surface area (Å²) < 4.78 is 0. The molecule has 7 heteroatoms. The van der Waals surface area contributed by atoms with Crippen LogP contribution in [0.15, 0.2) is 24.3 Å². The van der Waals surface area contributed by atoms with Crippen molar-refractivity contribution in [3.63, 3.8) is 0 Å². The molecule has 2 aliphatic rings. The number of amides is 3. The van der Waals surface area contributed by atoms with E-state index in [0.717, 1.165) is 32.1 Å². The molecule has 1 aromatic rings. The van der Waals surface area contributed by atoms with Crippen molar-refractivity contribution >= 4 is 17.7 Å². The summed E-state index contributed by atoms with van der Waals surface area (Å²) in [6, 6.07) is 7.29. The largest absolute Gasteiger partial charge is 0.348 e. The summed E-state index contributed by atoms with van der Waals surface area (Å²) in [6.07, 6.45) is 5.28. The third kappa shape index (κ3) is 5.35. The highest BCUT2D eigenvalue weighted by Gasteiger charge is 2.31. The van der Waals surface area contributed by atoms with Crippen molar-refractivity contribution in [2.45, 2.75) is 63.6 Å². The molecule has 0 spiro atoms. The molecule has 1 aliphatic heterocycles. The van der Waals surface area contributed by atoms with Gasteiger partial charge in [-0.15, -0.1) is 0 Å². The van der Waals surface area contributed by atoms with Gasteiger partial charge in [-0.3, -0.25) is 14.4 Å². The van der Waals surface area contributed by atoms with Gasteiger partial charge in [-0.1, -0.05) is 24.3 Å². The summed E-state index contributed by atoms with van der Waals surface area (Å²) in [6.45, 7) is 2.33. The second kappa shape index (κ2) is 9.87. The zero-order chi connectivity index (χ0) is 20.8. The maximum atomic E-state index is 12.9. The Morgan fingerprint density at radius 3 is 2.66 bits per heavy atom. The third-order valence-corrected chi connectivity index (χ3v) is 5.96. The van der Waals surface area contributed by atoms with Crippen molar-refractivity contribution in [1.82, 2.24) is 20.9 Å². The van der Waals surface area contributed by atoms with Crippen molar-refractivity contribution in [2.75, 3.05) is 20.1 Å². The Morgan fingerprint density at radius 1 is 1.10 bits per heavy atom. The summed E-state index contributed by atoms with van der Waals surface area (Å²) in [7, 11) is 1.71. The predicted molar refractivity (Wildman–Crippen MR) is 111 cm³/mol. The van der Waals surface area contributed by atoms with Crippen molar-refractivity contribution in [1.29, 1.82) is 0 Å². The fraction of sp³-hybridized carbons (Fsp3) is 0.591. The quantitative estimate of drug-likeness (QED) is 0.671. The summed E-state index contributed by atoms with van der Waals surface area (Å²) >= 11 is 0. The number of aryl methyl sites for hydroxylation is 1. The zero-order valence-corrected chi connectivity index (χ0v) is 17.4. The molecule has 3 unspecified atom stereocenters. The second-order valence-electron chi connectivity index (χ2n) is 8.04. The van der Waals surface area contributed by atoms with Gasteiger partial charge in [0, 0.05) is 6.54 Å². The molecule has 3 N–H and O–H groups in total. The van der Waals surface area contributed by atoms with E-state index in [1.165, 1.54) is 11.1 Å². The van der Waals surface area contributed by atoms with Crippen molar-refractivity contribution in [3.05, 3.63) is 35.4 Å². The Bertz CT molecular complexity index is 751. The molecule has 1 saturated heterocycles. The van der Waals surface area contributed by atoms with Crippen molar-refractivity contribution in [2.24, 2.45) is 0 Å². The summed E-state index contributed by atoms with van der Waals surface area (Å²) in [5, 5.41) is 8.83. The molecule has 3 rings (SSSR count). The van der Waals surface area contributed by atoms with Crippen LogP contribution in [0.3, 0.4) is 0 Å². The van der Waals surface area contributed by atoms with Gasteiger partial charge in [0.1, 0.15) is 6.04 Å². The van der Waals surface area contributed by atoms with Crippen LogP contribution in [0.2, 0.25) is 0 Å². The Labute approximate surface area is 172 Å². The fourth-order valence-corrected chi connectivity index (χ4v) is 4.14. The monoisotopic (exact) mass is 400 g/mol. The van der Waals surface area contributed by atoms with Gasteiger partial charge in [-0.05, 0) is 63.6 Å². The van der Waals surface area contributed by atoms with Crippen molar-refractivity contribution in [3.8, 4) is 0 Å². The molecule has 0 aromatic heterocycles. The first kappa shape index (κ1) is 21.3. The lowest BCUT2D eigenvalue weighted by Crippen LogP contribution is -2.53. The van der Waals surface area contributed by atoms with Gasteiger partial charge in [0.15, 0.2) is 0 Å². The Kier molecular flexibility index (Phi) is 7.25. The number of carbonyl (C=O) groups excluding carboxylic acids is 3. The van der Waals surface area contributed by atoms with E-state index in [4.69, 9.17) is 0 Å². The van der Waals surface area contributed by atoms with E-state index in [2.05, 4.69) is 28.1 Å². The average molecular weight is 401 g/mol. The number of nitrogens with one attached hydrogen (secondary N) is 3. The van der Waals surface area contributed by atoms with Gasteiger partial charge in [0.05, 0.1) is 18.6 Å². The first-order chi connectivity index (χ1) is 14.0. The molecule has 7 nitrogen and oxygen atoms in total. The third-order valence-electron chi connectivity index (χ3n) is 5.96. The van der Waals surface area contributed by atoms with E-state index in [9.17, 15) is 14.4 Å². The Balaban J connectivity index is 1.60. The highest BCUT2D eigenvalue weighted by molar-refractivity contribution is 5.92. The van der Waals surface area contributed by atoms with Crippen LogP contribution < -0.4 is 16.0 Å². The van der Waals surface area contributed by atoms with Crippen LogP contribution in [0.5, 0.6) is 0 Å². The topological polar surface area (TPSA) is 90.5 Å². The van der Waals surface area contributed by atoms with Crippen LogP contribution in [0.4, 0.5) is 0 Å². The molecular weight excluding hydrogens is 368 g/mol. The molecule has 1 aromatic carbocycles. The lowest BCUT2D eigenvalue weighted by Gasteiger charge is -2.29. The number of benzene rings is 1. The number of rotatable bonds is 6. The molecule has 0 saturated carbocycles. The Morgan fingerprint density at radius 2 is 1.86 bits per heavy atom. The normalized spacial score (nSPS) is 23.0. The number of hydrogen-bond donors (Lipinski definition) is 3. The minimum Gasteiger partial charge on any atom is -0.348 e. The number of hydrogen-bond acceptors (Lipinski definition) is 4. The SMILES string of the molecule is CNC(C)C(=O)NC1CCCCN(CC(=O)NC2CCCc3ccccc32)C1=O. The van der Waals surface area contributed by atoms with E-state index < -0.39 is 6.04 Å². The summed E-state index contributed by atoms with van der Waals surface area (Å²) in [4.78, 5) is 39.4. The van der Waals surface area contributed by atoms with Gasteiger partial charge >= 0.3 is 0 Å². The highest BCUT2D eigenvalue weighted by atomic mass is 16.2. The maximum Gasteiger partial charge on any atom is 0.245 e. The van der Waals surface area contributed by atoms with Gasteiger partial charge in [-0.25, -0.2) is 0 Å². The van der Waals surface area contributed by atoms with Crippen LogP contribution in [0.1, 0.15) is 56.2 Å². The number of nitrogens with zero attached hydrogens (tertiary/aromatic N) is 1. The van der Waals surface area contributed by atoms with E-state index in [0.29, 0.717) is 13.0 Å². The predicted octanol–water partition coefficient (Wildman–Crippen LogP) is 1.29. The van der Waals surface area contributed by atoms with E-state index in [-0.39, 0.29) is 36.3 Å². The maximum absolute atomic E-state index is 12.9. The van der Waals surface area contributed by atoms with Gasteiger partial charge in [0.2, 0.25) is 17.7 Å². The minimum atomic E-state index is -0.566. The van der Waals surface area contributed by atoms with E-state index in [1.807, 2.05) is 12.1 Å². The molecular formula is C22H32N4O3. The standard InChI is InChI=1S/C22H32N4O3/c1-15(23-2)21(28)25-19-11-5-6-13-26(22(19)29)14-20(27)24-18-12-7-9-16-8-3-4-10-17(16)18/h3-4,8,10,15,18-19,23H,5-7,9,11-14H2,1-2H3,(H,24,27)(H,25,28). The lowest BCUT2D eigenvalue weighted by atomic mass is 9.88. The molecule has 0 radical (unpaired) electrons.